The van der Waals surface area contributed by atoms with E-state index >= 15 is 0 Å². The SMILES string of the molecule is CC(C)OP(=O)(CC(c1ccncc1)P(=O)(OC(C)C)OC(C)C)OC(C)C. The Hall–Kier alpha value is -0.550. The van der Waals surface area contributed by atoms with Gasteiger partial charge in [-0.2, -0.15) is 0 Å². The molecule has 1 aromatic heterocycles. The molecule has 7 nitrogen and oxygen atoms in total. The molecule has 1 atom stereocenters. The number of hydrogen-bond acceptors (Lipinski definition) is 7. The van der Waals surface area contributed by atoms with E-state index in [4.69, 9.17) is 18.1 Å². The van der Waals surface area contributed by atoms with Gasteiger partial charge in [0.2, 0.25) is 0 Å². The average Bonchev–Trinajstić information content (AvgIpc) is 2.50. The van der Waals surface area contributed by atoms with Crippen molar-refractivity contribution in [2.45, 2.75) is 85.5 Å². The zero-order chi connectivity index (χ0) is 21.5. The molecule has 0 radical (unpaired) electrons. The van der Waals surface area contributed by atoms with Crippen molar-refractivity contribution in [3.8, 4) is 0 Å². The number of rotatable bonds is 12. The van der Waals surface area contributed by atoms with Crippen molar-refractivity contribution in [3.05, 3.63) is 30.1 Å². The fourth-order valence-electron chi connectivity index (χ4n) is 2.70. The Morgan fingerprint density at radius 3 is 1.50 bits per heavy atom. The second kappa shape index (κ2) is 11.0. The number of hydrogen-bond donors (Lipinski definition) is 0. The van der Waals surface area contributed by atoms with Gasteiger partial charge in [-0.05, 0) is 73.1 Å². The van der Waals surface area contributed by atoms with Crippen molar-refractivity contribution >= 4 is 15.2 Å². The van der Waals surface area contributed by atoms with E-state index in [0.29, 0.717) is 5.56 Å². The van der Waals surface area contributed by atoms with Gasteiger partial charge >= 0.3 is 15.2 Å². The highest BCUT2D eigenvalue weighted by atomic mass is 31.2. The fraction of sp³-hybridized carbons (Fsp3) is 0.737. The Bertz CT molecular complexity index is 650. The molecule has 9 heteroatoms. The van der Waals surface area contributed by atoms with Crippen molar-refractivity contribution in [2.75, 3.05) is 6.16 Å². The summed E-state index contributed by atoms with van der Waals surface area (Å²) in [5, 5.41) is 0. The molecular weight excluding hydrogens is 400 g/mol. The van der Waals surface area contributed by atoms with Gasteiger partial charge in [0.25, 0.3) is 0 Å². The number of aromatic nitrogens is 1. The highest BCUT2D eigenvalue weighted by molar-refractivity contribution is 7.58. The van der Waals surface area contributed by atoms with Crippen LogP contribution in [0.1, 0.15) is 66.6 Å². The van der Waals surface area contributed by atoms with Crippen molar-refractivity contribution in [1.29, 1.82) is 0 Å². The molecule has 1 unspecified atom stereocenters. The van der Waals surface area contributed by atoms with Gasteiger partial charge in [0.05, 0.1) is 36.2 Å². The predicted molar refractivity (Wildman–Crippen MR) is 112 cm³/mol. The van der Waals surface area contributed by atoms with Crippen LogP contribution in [-0.2, 0) is 27.2 Å². The molecule has 0 aromatic carbocycles. The van der Waals surface area contributed by atoms with Crippen LogP contribution in [0.3, 0.4) is 0 Å². The summed E-state index contributed by atoms with van der Waals surface area (Å²) >= 11 is 0. The van der Waals surface area contributed by atoms with Gasteiger partial charge in [-0.3, -0.25) is 14.1 Å². The molecule has 28 heavy (non-hydrogen) atoms. The minimum atomic E-state index is -3.71. The minimum absolute atomic E-state index is 0.121. The van der Waals surface area contributed by atoms with E-state index in [0.717, 1.165) is 0 Å². The summed E-state index contributed by atoms with van der Waals surface area (Å²) in [6, 6.07) is 3.44. The minimum Gasteiger partial charge on any atom is -0.306 e. The van der Waals surface area contributed by atoms with E-state index in [1.807, 2.05) is 0 Å². The average molecular weight is 435 g/mol. The second-order valence-corrected chi connectivity index (χ2v) is 11.9. The number of pyridine rings is 1. The zero-order valence-electron chi connectivity index (χ0n) is 18.2. The molecule has 0 amide bonds. The predicted octanol–water partition coefficient (Wildman–Crippen LogP) is 6.21. The lowest BCUT2D eigenvalue weighted by Gasteiger charge is -2.32. The Morgan fingerprint density at radius 1 is 0.750 bits per heavy atom. The number of nitrogens with zero attached hydrogens (tertiary/aromatic N) is 1. The standard InChI is InChI=1S/C19H35NO6P2/c1-14(2)23-27(21,24-15(3)4)13-19(18-9-11-20-12-10-18)28(22,25-16(5)6)26-17(7)8/h9-12,14-17,19H,13H2,1-8H3. The first-order valence-electron chi connectivity index (χ1n) is 9.69. The zero-order valence-corrected chi connectivity index (χ0v) is 20.0. The molecule has 0 saturated heterocycles. The summed E-state index contributed by atoms with van der Waals surface area (Å²) in [6.07, 6.45) is 1.74. The van der Waals surface area contributed by atoms with E-state index in [-0.39, 0.29) is 30.6 Å². The summed E-state index contributed by atoms with van der Waals surface area (Å²) < 4.78 is 50.4. The van der Waals surface area contributed by atoms with Crippen molar-refractivity contribution in [1.82, 2.24) is 4.98 Å². The van der Waals surface area contributed by atoms with Gasteiger partial charge in [0.1, 0.15) is 0 Å². The molecule has 0 saturated carbocycles. The fourth-order valence-corrected chi connectivity index (χ4v) is 8.30. The largest absolute Gasteiger partial charge is 0.339 e. The van der Waals surface area contributed by atoms with Crippen LogP contribution >= 0.6 is 15.2 Å². The Kier molecular flexibility index (Phi) is 10.0. The summed E-state index contributed by atoms with van der Waals surface area (Å²) in [5.41, 5.74) is -0.164. The van der Waals surface area contributed by atoms with Crippen LogP contribution in [0.25, 0.3) is 0 Å². The third-order valence-electron chi connectivity index (χ3n) is 3.33. The van der Waals surface area contributed by atoms with Crippen molar-refractivity contribution in [2.24, 2.45) is 0 Å². The maximum Gasteiger partial charge on any atom is 0.339 e. The van der Waals surface area contributed by atoms with E-state index in [2.05, 4.69) is 4.98 Å². The van der Waals surface area contributed by atoms with Crippen LogP contribution in [0.2, 0.25) is 0 Å². The molecule has 0 bridgehead atoms. The van der Waals surface area contributed by atoms with Gasteiger partial charge in [-0.25, -0.2) is 0 Å². The molecule has 0 aliphatic rings. The highest BCUT2D eigenvalue weighted by Crippen LogP contribution is 2.68. The van der Waals surface area contributed by atoms with Crippen LogP contribution < -0.4 is 0 Å². The first-order chi connectivity index (χ1) is 12.9. The Morgan fingerprint density at radius 2 is 1.14 bits per heavy atom. The molecule has 1 aromatic rings. The first kappa shape index (κ1) is 25.5. The normalized spacial score (nSPS) is 14.4. The monoisotopic (exact) mass is 435 g/mol. The summed E-state index contributed by atoms with van der Waals surface area (Å²) in [4.78, 5) is 4.02. The van der Waals surface area contributed by atoms with Crippen molar-refractivity contribution in [3.63, 3.8) is 0 Å². The first-order valence-corrected chi connectivity index (χ1v) is 13.0. The van der Waals surface area contributed by atoms with Crippen LogP contribution in [0.15, 0.2) is 24.5 Å². The van der Waals surface area contributed by atoms with Crippen LogP contribution in [0.4, 0.5) is 0 Å². The van der Waals surface area contributed by atoms with E-state index in [1.165, 1.54) is 0 Å². The quantitative estimate of drug-likeness (QED) is 0.361. The van der Waals surface area contributed by atoms with Crippen LogP contribution in [0, 0.1) is 0 Å². The molecule has 162 valence electrons. The van der Waals surface area contributed by atoms with Gasteiger partial charge in [0.15, 0.2) is 0 Å². The third-order valence-corrected chi connectivity index (χ3v) is 8.59. The van der Waals surface area contributed by atoms with E-state index in [9.17, 15) is 9.13 Å². The molecule has 0 N–H and O–H groups in total. The Labute approximate surface area is 169 Å². The maximum absolute atomic E-state index is 13.9. The summed E-state index contributed by atoms with van der Waals surface area (Å²) in [7, 11) is -7.30. The Balaban J connectivity index is 3.45. The lowest BCUT2D eigenvalue weighted by atomic mass is 10.2. The molecule has 0 spiro atoms. The van der Waals surface area contributed by atoms with Gasteiger partial charge < -0.3 is 18.1 Å². The molecule has 1 rings (SSSR count). The van der Waals surface area contributed by atoms with Crippen LogP contribution in [0.5, 0.6) is 0 Å². The van der Waals surface area contributed by atoms with Crippen molar-refractivity contribution < 1.29 is 27.2 Å². The lowest BCUT2D eigenvalue weighted by molar-refractivity contribution is 0.129. The maximum atomic E-state index is 13.9. The molecular formula is C19H35NO6P2. The smallest absolute Gasteiger partial charge is 0.306 e. The summed E-state index contributed by atoms with van der Waals surface area (Å²) in [5.74, 6) is 0. The topological polar surface area (TPSA) is 84.0 Å². The summed E-state index contributed by atoms with van der Waals surface area (Å²) in [6.45, 7) is 14.3. The van der Waals surface area contributed by atoms with Gasteiger partial charge in [0, 0.05) is 12.4 Å². The molecule has 0 fully saturated rings. The van der Waals surface area contributed by atoms with E-state index in [1.54, 1.807) is 79.9 Å². The van der Waals surface area contributed by atoms with E-state index < -0.39 is 20.9 Å². The third kappa shape index (κ3) is 8.44. The van der Waals surface area contributed by atoms with Gasteiger partial charge in [-0.1, -0.05) is 0 Å². The van der Waals surface area contributed by atoms with Crippen LogP contribution in [-0.4, -0.2) is 35.6 Å². The van der Waals surface area contributed by atoms with Gasteiger partial charge in [-0.15, -0.1) is 0 Å². The molecule has 1 heterocycles. The molecule has 0 aliphatic carbocycles. The second-order valence-electron chi connectivity index (χ2n) is 7.75. The lowest BCUT2D eigenvalue weighted by Crippen LogP contribution is -2.19. The highest BCUT2D eigenvalue weighted by Gasteiger charge is 2.45. The molecule has 0 aliphatic heterocycles.